The summed E-state index contributed by atoms with van der Waals surface area (Å²) in [5.41, 5.74) is 3.06. The second-order valence-electron chi connectivity index (χ2n) is 4.01. The number of hydrogen-bond donors (Lipinski definition) is 1. The summed E-state index contributed by atoms with van der Waals surface area (Å²) in [7, 11) is 0. The molecule has 5 heteroatoms. The number of H-pyrrole nitrogens is 1. The van der Waals surface area contributed by atoms with Crippen molar-refractivity contribution in [3.63, 3.8) is 0 Å². The Bertz CT molecular complexity index is 746. The van der Waals surface area contributed by atoms with Crippen molar-refractivity contribution in [3.8, 4) is 0 Å². The van der Waals surface area contributed by atoms with E-state index in [-0.39, 0.29) is 0 Å². The highest BCUT2D eigenvalue weighted by molar-refractivity contribution is 7.71. The van der Waals surface area contributed by atoms with Crippen LogP contribution in [0.4, 0.5) is 0 Å². The van der Waals surface area contributed by atoms with Gasteiger partial charge in [0.05, 0.1) is 22.6 Å². The second kappa shape index (κ2) is 4.55. The number of benzene rings is 1. The molecule has 1 N–H and O–H groups in total. The van der Waals surface area contributed by atoms with E-state index in [1.165, 1.54) is 0 Å². The minimum Gasteiger partial charge on any atom is -0.329 e. The summed E-state index contributed by atoms with van der Waals surface area (Å²) in [6.07, 6.45) is 3.56. The van der Waals surface area contributed by atoms with Crippen molar-refractivity contribution < 1.29 is 0 Å². The van der Waals surface area contributed by atoms with Crippen LogP contribution in [0.2, 0.25) is 5.02 Å². The molecule has 0 aliphatic rings. The molecule has 3 aromatic rings. The number of imidazole rings is 1. The summed E-state index contributed by atoms with van der Waals surface area (Å²) in [5, 5.41) is 0.687. The third-order valence-electron chi connectivity index (χ3n) is 2.85. The topological polar surface area (TPSA) is 33.6 Å². The van der Waals surface area contributed by atoms with Gasteiger partial charge in [0, 0.05) is 12.4 Å². The molecule has 0 atom stereocenters. The zero-order valence-corrected chi connectivity index (χ0v) is 11.0. The van der Waals surface area contributed by atoms with Gasteiger partial charge in [0.15, 0.2) is 4.77 Å². The maximum absolute atomic E-state index is 6.14. The molecule has 0 bridgehead atoms. The molecule has 90 valence electrons. The molecule has 0 aliphatic heterocycles. The van der Waals surface area contributed by atoms with Crippen molar-refractivity contribution in [2.75, 3.05) is 0 Å². The molecule has 0 spiro atoms. The van der Waals surface area contributed by atoms with Crippen molar-refractivity contribution in [1.82, 2.24) is 14.5 Å². The van der Waals surface area contributed by atoms with Gasteiger partial charge in [-0.3, -0.25) is 4.98 Å². The fourth-order valence-electron chi connectivity index (χ4n) is 1.97. The molecule has 0 saturated carbocycles. The number of fused-ring (bicyclic) bond motifs is 1. The molecule has 2 aromatic heterocycles. The van der Waals surface area contributed by atoms with Gasteiger partial charge in [-0.15, -0.1) is 0 Å². The van der Waals surface area contributed by atoms with Gasteiger partial charge in [0.2, 0.25) is 0 Å². The number of hydrogen-bond acceptors (Lipinski definition) is 2. The number of para-hydroxylation sites is 1. The largest absolute Gasteiger partial charge is 0.329 e. The second-order valence-corrected chi connectivity index (χ2v) is 4.80. The van der Waals surface area contributed by atoms with Gasteiger partial charge in [-0.05, 0) is 42.0 Å². The summed E-state index contributed by atoms with van der Waals surface area (Å²) in [6, 6.07) is 9.74. The van der Waals surface area contributed by atoms with E-state index < -0.39 is 0 Å². The van der Waals surface area contributed by atoms with Gasteiger partial charge in [-0.1, -0.05) is 17.7 Å². The number of halogens is 1. The van der Waals surface area contributed by atoms with Crippen LogP contribution < -0.4 is 0 Å². The maximum atomic E-state index is 6.14. The summed E-state index contributed by atoms with van der Waals surface area (Å²) < 4.78 is 2.71. The molecule has 0 amide bonds. The van der Waals surface area contributed by atoms with Crippen LogP contribution in [0.1, 0.15) is 5.56 Å². The monoisotopic (exact) mass is 275 g/mol. The van der Waals surface area contributed by atoms with Crippen molar-refractivity contribution >= 4 is 34.9 Å². The molecule has 3 nitrogen and oxygen atoms in total. The van der Waals surface area contributed by atoms with Crippen molar-refractivity contribution in [2.24, 2.45) is 0 Å². The Kier molecular flexibility index (Phi) is 2.89. The molecule has 18 heavy (non-hydrogen) atoms. The quantitative estimate of drug-likeness (QED) is 0.722. The van der Waals surface area contributed by atoms with E-state index in [2.05, 4.69) is 9.97 Å². The molecule has 0 fully saturated rings. The third-order valence-corrected chi connectivity index (χ3v) is 3.49. The maximum Gasteiger partial charge on any atom is 0.178 e. The Morgan fingerprint density at radius 2 is 2.00 bits per heavy atom. The first-order valence-corrected chi connectivity index (χ1v) is 6.30. The number of nitrogens with one attached hydrogen (secondary N) is 1. The lowest BCUT2D eigenvalue weighted by Gasteiger charge is -2.04. The Morgan fingerprint density at radius 1 is 1.22 bits per heavy atom. The van der Waals surface area contributed by atoms with Crippen LogP contribution in [0.3, 0.4) is 0 Å². The SMILES string of the molecule is S=c1[nH]c2c(Cl)cccc2n1Cc1ccncc1. The number of pyridine rings is 1. The molecule has 0 unspecified atom stereocenters. The van der Waals surface area contributed by atoms with E-state index in [9.17, 15) is 0 Å². The Labute approximate surface area is 114 Å². The van der Waals surface area contributed by atoms with Crippen LogP contribution in [0.15, 0.2) is 42.7 Å². The van der Waals surface area contributed by atoms with Crippen molar-refractivity contribution in [1.29, 1.82) is 0 Å². The summed E-state index contributed by atoms with van der Waals surface area (Å²) in [4.78, 5) is 7.16. The molecule has 2 heterocycles. The highest BCUT2D eigenvalue weighted by Gasteiger charge is 2.07. The van der Waals surface area contributed by atoms with Crippen molar-refractivity contribution in [3.05, 3.63) is 58.1 Å². The normalized spacial score (nSPS) is 10.9. The number of aromatic nitrogens is 3. The van der Waals surface area contributed by atoms with Crippen LogP contribution in [0.25, 0.3) is 11.0 Å². The molecule has 0 radical (unpaired) electrons. The van der Waals surface area contributed by atoms with E-state index in [1.807, 2.05) is 34.9 Å². The Morgan fingerprint density at radius 3 is 2.78 bits per heavy atom. The zero-order valence-electron chi connectivity index (χ0n) is 9.43. The van der Waals surface area contributed by atoms with Gasteiger partial charge in [0.1, 0.15) is 0 Å². The Balaban J connectivity index is 2.15. The zero-order chi connectivity index (χ0) is 12.5. The first-order chi connectivity index (χ1) is 8.75. The van der Waals surface area contributed by atoms with Gasteiger partial charge in [-0.2, -0.15) is 0 Å². The van der Waals surface area contributed by atoms with Crippen LogP contribution in [0, 0.1) is 4.77 Å². The van der Waals surface area contributed by atoms with Gasteiger partial charge in [0.25, 0.3) is 0 Å². The van der Waals surface area contributed by atoms with E-state index in [0.29, 0.717) is 16.3 Å². The lowest BCUT2D eigenvalue weighted by molar-refractivity contribution is 0.809. The lowest BCUT2D eigenvalue weighted by Crippen LogP contribution is -1.99. The van der Waals surface area contributed by atoms with Gasteiger partial charge in [-0.25, -0.2) is 0 Å². The predicted octanol–water partition coefficient (Wildman–Crippen LogP) is 3.80. The summed E-state index contributed by atoms with van der Waals surface area (Å²) in [6.45, 7) is 0.710. The van der Waals surface area contributed by atoms with Crippen LogP contribution in [0.5, 0.6) is 0 Å². The molecule has 0 saturated heterocycles. The van der Waals surface area contributed by atoms with Crippen LogP contribution in [-0.2, 0) is 6.54 Å². The molecular weight excluding hydrogens is 266 g/mol. The average Bonchev–Trinajstić information content (AvgIpc) is 2.70. The minimum absolute atomic E-state index is 0.676. The number of aromatic amines is 1. The van der Waals surface area contributed by atoms with Crippen LogP contribution >= 0.6 is 23.8 Å². The van der Waals surface area contributed by atoms with Gasteiger partial charge >= 0.3 is 0 Å². The predicted molar refractivity (Wildman–Crippen MR) is 75.5 cm³/mol. The fourth-order valence-corrected chi connectivity index (χ4v) is 2.45. The average molecular weight is 276 g/mol. The first-order valence-electron chi connectivity index (χ1n) is 5.51. The highest BCUT2D eigenvalue weighted by Crippen LogP contribution is 2.23. The van der Waals surface area contributed by atoms with Gasteiger partial charge < -0.3 is 9.55 Å². The fraction of sp³-hybridized carbons (Fsp3) is 0.0769. The summed E-state index contributed by atoms with van der Waals surface area (Å²) in [5.74, 6) is 0. The number of nitrogens with zero attached hydrogens (tertiary/aromatic N) is 2. The van der Waals surface area contributed by atoms with E-state index in [1.54, 1.807) is 12.4 Å². The smallest absolute Gasteiger partial charge is 0.178 e. The summed E-state index contributed by atoms with van der Waals surface area (Å²) >= 11 is 11.5. The molecule has 1 aromatic carbocycles. The van der Waals surface area contributed by atoms with Crippen molar-refractivity contribution in [2.45, 2.75) is 6.54 Å². The lowest BCUT2D eigenvalue weighted by atomic mass is 10.2. The van der Waals surface area contributed by atoms with Crippen LogP contribution in [-0.4, -0.2) is 14.5 Å². The number of rotatable bonds is 2. The first kappa shape index (κ1) is 11.4. The Hall–Kier alpha value is -1.65. The highest BCUT2D eigenvalue weighted by atomic mass is 35.5. The third kappa shape index (κ3) is 1.94. The molecule has 3 rings (SSSR count). The molecule has 0 aliphatic carbocycles. The van der Waals surface area contributed by atoms with E-state index >= 15 is 0 Å². The minimum atomic E-state index is 0.676. The standard InChI is InChI=1S/C13H10ClN3S/c14-10-2-1-3-11-12(10)16-13(18)17(11)8-9-4-6-15-7-5-9/h1-7H,8H2,(H,16,18). The van der Waals surface area contributed by atoms with E-state index in [0.717, 1.165) is 16.6 Å². The molecular formula is C13H10ClN3S. The van der Waals surface area contributed by atoms with E-state index in [4.69, 9.17) is 23.8 Å².